The normalized spacial score (nSPS) is 9.53. The number of nitrogens with one attached hydrogen (secondary N) is 2. The van der Waals surface area contributed by atoms with E-state index in [4.69, 9.17) is 0 Å². The summed E-state index contributed by atoms with van der Waals surface area (Å²) < 4.78 is 0.696. The third-order valence-electron chi connectivity index (χ3n) is 1.88. The van der Waals surface area contributed by atoms with E-state index in [-0.39, 0.29) is 11.8 Å². The van der Waals surface area contributed by atoms with E-state index < -0.39 is 0 Å². The van der Waals surface area contributed by atoms with Crippen LogP contribution in [0.1, 0.15) is 20.7 Å². The van der Waals surface area contributed by atoms with Gasteiger partial charge in [0.2, 0.25) is 0 Å². The summed E-state index contributed by atoms with van der Waals surface area (Å²) in [5, 5.41) is 5.00. The molecule has 0 atom stereocenters. The van der Waals surface area contributed by atoms with Gasteiger partial charge >= 0.3 is 0 Å². The van der Waals surface area contributed by atoms with Crippen molar-refractivity contribution in [2.24, 2.45) is 0 Å². The first-order valence-corrected chi connectivity index (χ1v) is 5.12. The first-order chi connectivity index (χ1) is 7.08. The van der Waals surface area contributed by atoms with Gasteiger partial charge in [-0.3, -0.25) is 9.59 Å². The number of carbonyl (C=O) groups is 2. The second kappa shape index (κ2) is 4.93. The molecule has 1 rings (SSSR count). The zero-order valence-corrected chi connectivity index (χ0v) is 10.0. The minimum absolute atomic E-state index is 0.221. The lowest BCUT2D eigenvalue weighted by atomic mass is 10.1. The first kappa shape index (κ1) is 11.7. The van der Waals surface area contributed by atoms with Gasteiger partial charge < -0.3 is 10.6 Å². The molecule has 0 unspecified atom stereocenters. The zero-order chi connectivity index (χ0) is 11.4. The van der Waals surface area contributed by atoms with Crippen molar-refractivity contribution in [2.75, 3.05) is 14.1 Å². The molecule has 0 heterocycles. The van der Waals surface area contributed by atoms with Crippen LogP contribution in [0.15, 0.2) is 22.7 Å². The Balaban J connectivity index is 3.16. The maximum atomic E-state index is 11.4. The molecule has 4 nitrogen and oxygen atoms in total. The van der Waals surface area contributed by atoms with Crippen molar-refractivity contribution in [3.63, 3.8) is 0 Å². The number of amides is 2. The van der Waals surface area contributed by atoms with Crippen LogP contribution in [0, 0.1) is 0 Å². The molecule has 0 saturated carbocycles. The van der Waals surface area contributed by atoms with Gasteiger partial charge in [0.25, 0.3) is 11.8 Å². The van der Waals surface area contributed by atoms with E-state index in [0.717, 1.165) is 0 Å². The minimum atomic E-state index is -0.221. The van der Waals surface area contributed by atoms with Crippen molar-refractivity contribution in [3.8, 4) is 0 Å². The minimum Gasteiger partial charge on any atom is -0.355 e. The molecule has 0 radical (unpaired) electrons. The van der Waals surface area contributed by atoms with Crippen LogP contribution in [0.2, 0.25) is 0 Å². The van der Waals surface area contributed by atoms with Gasteiger partial charge in [-0.1, -0.05) is 15.9 Å². The third kappa shape index (κ3) is 2.79. The number of benzene rings is 1. The molecule has 0 bridgehead atoms. The van der Waals surface area contributed by atoms with Crippen molar-refractivity contribution < 1.29 is 9.59 Å². The predicted octanol–water partition coefficient (Wildman–Crippen LogP) is 1.17. The van der Waals surface area contributed by atoms with E-state index in [1.807, 2.05) is 0 Å². The molecular weight excluding hydrogens is 260 g/mol. The molecule has 0 spiro atoms. The number of carbonyl (C=O) groups excluding carboxylic acids is 2. The maximum Gasteiger partial charge on any atom is 0.251 e. The van der Waals surface area contributed by atoms with E-state index in [2.05, 4.69) is 26.6 Å². The third-order valence-corrected chi connectivity index (χ3v) is 2.33. The number of rotatable bonds is 2. The fourth-order valence-electron chi connectivity index (χ4n) is 1.14. The van der Waals surface area contributed by atoms with Gasteiger partial charge in [-0.25, -0.2) is 0 Å². The highest BCUT2D eigenvalue weighted by molar-refractivity contribution is 9.10. The second-order valence-corrected chi connectivity index (χ2v) is 3.80. The second-order valence-electron chi connectivity index (χ2n) is 2.89. The van der Waals surface area contributed by atoms with Crippen LogP contribution in [-0.4, -0.2) is 25.9 Å². The SMILES string of the molecule is CNC(=O)c1cc(Br)cc(C(=O)NC)c1. The van der Waals surface area contributed by atoms with Gasteiger partial charge in [0.1, 0.15) is 0 Å². The molecule has 0 aliphatic rings. The Labute approximate surface area is 96.2 Å². The molecule has 0 aliphatic heterocycles. The summed E-state index contributed by atoms with van der Waals surface area (Å²) >= 11 is 3.25. The van der Waals surface area contributed by atoms with E-state index in [9.17, 15) is 9.59 Å². The summed E-state index contributed by atoms with van der Waals surface area (Å²) in [6.45, 7) is 0. The van der Waals surface area contributed by atoms with Crippen LogP contribution >= 0.6 is 15.9 Å². The van der Waals surface area contributed by atoms with Gasteiger partial charge in [-0.05, 0) is 18.2 Å². The largest absolute Gasteiger partial charge is 0.355 e. The average Bonchev–Trinajstić information content (AvgIpc) is 2.26. The quantitative estimate of drug-likeness (QED) is 0.848. The highest BCUT2D eigenvalue weighted by atomic mass is 79.9. The van der Waals surface area contributed by atoms with Crippen molar-refractivity contribution in [1.29, 1.82) is 0 Å². The predicted molar refractivity (Wildman–Crippen MR) is 60.9 cm³/mol. The topological polar surface area (TPSA) is 58.2 Å². The van der Waals surface area contributed by atoms with E-state index >= 15 is 0 Å². The standard InChI is InChI=1S/C10H11BrN2O2/c1-12-9(14)6-3-7(10(15)13-2)5-8(11)4-6/h3-5H,1-2H3,(H,12,14)(H,13,15). The lowest BCUT2D eigenvalue weighted by Gasteiger charge is -2.04. The molecule has 1 aromatic rings. The highest BCUT2D eigenvalue weighted by Crippen LogP contribution is 2.15. The van der Waals surface area contributed by atoms with Gasteiger partial charge in [0.15, 0.2) is 0 Å². The summed E-state index contributed by atoms with van der Waals surface area (Å²) in [6.07, 6.45) is 0. The summed E-state index contributed by atoms with van der Waals surface area (Å²) in [5.41, 5.74) is 0.899. The maximum absolute atomic E-state index is 11.4. The summed E-state index contributed by atoms with van der Waals surface area (Å²) in [7, 11) is 3.09. The van der Waals surface area contributed by atoms with Crippen LogP contribution in [-0.2, 0) is 0 Å². The van der Waals surface area contributed by atoms with E-state index in [1.165, 1.54) is 0 Å². The van der Waals surface area contributed by atoms with Crippen LogP contribution in [0.25, 0.3) is 0 Å². The molecule has 2 N–H and O–H groups in total. The fourth-order valence-corrected chi connectivity index (χ4v) is 1.63. The lowest BCUT2D eigenvalue weighted by Crippen LogP contribution is -2.21. The van der Waals surface area contributed by atoms with Gasteiger partial charge in [-0.15, -0.1) is 0 Å². The van der Waals surface area contributed by atoms with Crippen molar-refractivity contribution in [3.05, 3.63) is 33.8 Å². The molecule has 5 heteroatoms. The number of hydrogen-bond acceptors (Lipinski definition) is 2. The molecule has 0 saturated heterocycles. The van der Waals surface area contributed by atoms with Crippen LogP contribution in [0.3, 0.4) is 0 Å². The van der Waals surface area contributed by atoms with Gasteiger partial charge in [0.05, 0.1) is 0 Å². The lowest BCUT2D eigenvalue weighted by molar-refractivity contribution is 0.0962. The Morgan fingerprint density at radius 1 is 1.00 bits per heavy atom. The molecule has 1 aromatic carbocycles. The number of hydrogen-bond donors (Lipinski definition) is 2. The Bertz CT molecular complexity index is 370. The van der Waals surface area contributed by atoms with E-state index in [0.29, 0.717) is 15.6 Å². The van der Waals surface area contributed by atoms with Gasteiger partial charge in [-0.2, -0.15) is 0 Å². The Hall–Kier alpha value is -1.36. The molecule has 80 valence electrons. The average molecular weight is 271 g/mol. The highest BCUT2D eigenvalue weighted by Gasteiger charge is 2.09. The summed E-state index contributed by atoms with van der Waals surface area (Å²) in [5.74, 6) is -0.442. The first-order valence-electron chi connectivity index (χ1n) is 4.33. The zero-order valence-electron chi connectivity index (χ0n) is 8.43. The van der Waals surface area contributed by atoms with Crippen molar-refractivity contribution >= 4 is 27.7 Å². The van der Waals surface area contributed by atoms with Crippen LogP contribution in [0.5, 0.6) is 0 Å². The molecular formula is C10H11BrN2O2. The Morgan fingerprint density at radius 3 is 1.73 bits per heavy atom. The van der Waals surface area contributed by atoms with Crippen LogP contribution in [0.4, 0.5) is 0 Å². The van der Waals surface area contributed by atoms with Crippen molar-refractivity contribution in [2.45, 2.75) is 0 Å². The molecule has 0 fully saturated rings. The molecule has 0 aromatic heterocycles. The molecule has 15 heavy (non-hydrogen) atoms. The molecule has 2 amide bonds. The monoisotopic (exact) mass is 270 g/mol. The number of halogens is 1. The Kier molecular flexibility index (Phi) is 3.85. The summed E-state index contributed by atoms with van der Waals surface area (Å²) in [4.78, 5) is 22.7. The molecule has 0 aliphatic carbocycles. The van der Waals surface area contributed by atoms with Crippen molar-refractivity contribution in [1.82, 2.24) is 10.6 Å². The summed E-state index contributed by atoms with van der Waals surface area (Å²) in [6, 6.07) is 4.86. The van der Waals surface area contributed by atoms with Crippen LogP contribution < -0.4 is 10.6 Å². The Morgan fingerprint density at radius 2 is 1.40 bits per heavy atom. The fraction of sp³-hybridized carbons (Fsp3) is 0.200. The smallest absolute Gasteiger partial charge is 0.251 e. The van der Waals surface area contributed by atoms with Gasteiger partial charge in [0, 0.05) is 29.7 Å². The van der Waals surface area contributed by atoms with E-state index in [1.54, 1.807) is 32.3 Å².